The van der Waals surface area contributed by atoms with E-state index >= 15 is 0 Å². The Bertz CT molecular complexity index is 1020. The molecule has 0 radical (unpaired) electrons. The number of nitrogens with zero attached hydrogens (tertiary/aromatic N) is 4. The number of nitro groups is 2. The molecule has 2 aromatic rings. The highest BCUT2D eigenvalue weighted by molar-refractivity contribution is 5.91. The minimum atomic E-state index is -0.498. The van der Waals surface area contributed by atoms with Crippen LogP contribution in [0.3, 0.4) is 0 Å². The predicted molar refractivity (Wildman–Crippen MR) is 117 cm³/mol. The van der Waals surface area contributed by atoms with Gasteiger partial charge in [-0.05, 0) is 12.1 Å². The number of hydrogen-bond donors (Lipinski definition) is 0. The predicted octanol–water partition coefficient (Wildman–Crippen LogP) is -3.03. The first-order valence-electron chi connectivity index (χ1n) is 9.73. The van der Waals surface area contributed by atoms with Crippen molar-refractivity contribution < 1.29 is 53.2 Å². The summed E-state index contributed by atoms with van der Waals surface area (Å²) < 4.78 is -0.460. The Kier molecular flexibility index (Phi) is 11.2. The molecule has 0 heterocycles. The van der Waals surface area contributed by atoms with Gasteiger partial charge in [-0.1, -0.05) is 24.3 Å². The molecule has 2 rings (SSSR count). The number of benzene rings is 2. The van der Waals surface area contributed by atoms with Crippen molar-refractivity contribution in [3.63, 3.8) is 0 Å². The smallest absolute Gasteiger partial charge is 0.338 e. The molecule has 0 aliphatic carbocycles. The van der Waals surface area contributed by atoms with Crippen LogP contribution in [0.4, 0.5) is 11.4 Å². The minimum absolute atomic E-state index is 0. The number of nitro benzene ring substituents is 2. The van der Waals surface area contributed by atoms with E-state index in [1.165, 1.54) is 12.1 Å². The van der Waals surface area contributed by atoms with Crippen LogP contribution in [0.5, 0.6) is 0 Å². The summed E-state index contributed by atoms with van der Waals surface area (Å²) in [6.07, 6.45) is 2.30. The van der Waals surface area contributed by atoms with Gasteiger partial charge in [-0.25, -0.2) is 9.59 Å². The number of amides is 2. The fraction of sp³-hybridized carbons (Fsp3) is 0.273. The normalized spacial score (nSPS) is 11.3. The lowest BCUT2D eigenvalue weighted by Crippen LogP contribution is -3.00. The van der Waals surface area contributed by atoms with Crippen LogP contribution in [0.1, 0.15) is 11.1 Å². The maximum atomic E-state index is 12.8. The molecule has 0 aliphatic heterocycles. The van der Waals surface area contributed by atoms with Gasteiger partial charge >= 0.3 is 11.8 Å². The molecule has 0 aromatic heterocycles. The first kappa shape index (κ1) is 30.8. The number of carbonyl (C=O) groups excluding carboxylic acids is 2. The quantitative estimate of drug-likeness (QED) is 0.160. The Balaban J connectivity index is 0.00000544. The Morgan fingerprint density at radius 1 is 0.706 bits per heavy atom. The molecule has 0 saturated carbocycles. The van der Waals surface area contributed by atoms with Gasteiger partial charge in [0.25, 0.3) is 11.4 Å². The van der Waals surface area contributed by atoms with Crippen molar-refractivity contribution in [1.82, 2.24) is 0 Å². The molecule has 0 fully saturated rings. The fourth-order valence-electron chi connectivity index (χ4n) is 3.20. The molecule has 0 aliphatic rings. The molecule has 2 amide bonds. The second-order valence-electron chi connectivity index (χ2n) is 8.47. The van der Waals surface area contributed by atoms with Crippen molar-refractivity contribution in [1.29, 1.82) is 0 Å². The number of hydrogen-bond acceptors (Lipinski definition) is 6. The Morgan fingerprint density at radius 3 is 1.29 bits per heavy atom. The number of carbonyl (C=O) groups is 2. The van der Waals surface area contributed by atoms with E-state index in [1.807, 2.05) is 0 Å². The van der Waals surface area contributed by atoms with Gasteiger partial charge in [0.2, 0.25) is 0 Å². The molecular weight excluding hydrogens is 487 g/mol. The van der Waals surface area contributed by atoms with Gasteiger partial charge in [-0.2, -0.15) is 0 Å². The molecule has 34 heavy (non-hydrogen) atoms. The maximum absolute atomic E-state index is 12.8. The SMILES string of the molecule is C[N+](C)(Cc1ccccc1[N+](=O)[O-])C(=O)/C=C\C(=O)[N+](C)(C)Cc1ccccc1[N+](=O)[O-].[Cl-].[Cl-]. The van der Waals surface area contributed by atoms with Gasteiger partial charge in [0.05, 0.1) is 61.3 Å². The first-order valence-corrected chi connectivity index (χ1v) is 9.73. The van der Waals surface area contributed by atoms with Crippen molar-refractivity contribution >= 4 is 23.2 Å². The molecule has 0 unspecified atom stereocenters. The number of halogens is 2. The second-order valence-corrected chi connectivity index (χ2v) is 8.47. The third kappa shape index (κ3) is 7.70. The summed E-state index contributed by atoms with van der Waals surface area (Å²) in [7, 11) is 6.39. The lowest BCUT2D eigenvalue weighted by Gasteiger charge is -2.26. The average molecular weight is 513 g/mol. The number of quaternary nitrogens is 2. The number of rotatable bonds is 8. The van der Waals surface area contributed by atoms with Gasteiger partial charge in [0.1, 0.15) is 13.1 Å². The van der Waals surface area contributed by atoms with Crippen LogP contribution in [-0.4, -0.2) is 58.8 Å². The van der Waals surface area contributed by atoms with Gasteiger partial charge in [-0.15, -0.1) is 0 Å². The largest absolute Gasteiger partial charge is 1.00 e. The Hall–Kier alpha value is -3.18. The topological polar surface area (TPSA) is 120 Å². The van der Waals surface area contributed by atoms with Crippen LogP contribution in [0, 0.1) is 20.2 Å². The van der Waals surface area contributed by atoms with Crippen LogP contribution in [0.25, 0.3) is 0 Å². The van der Waals surface area contributed by atoms with Gasteiger partial charge in [0, 0.05) is 12.1 Å². The molecular formula is C22H26Cl2N4O6. The van der Waals surface area contributed by atoms with Crippen LogP contribution < -0.4 is 24.8 Å². The minimum Gasteiger partial charge on any atom is -1.00 e. The van der Waals surface area contributed by atoms with Gasteiger partial charge in [-0.3, -0.25) is 29.2 Å². The first-order chi connectivity index (χ1) is 14.8. The lowest BCUT2D eigenvalue weighted by molar-refractivity contribution is -0.826. The highest BCUT2D eigenvalue weighted by Gasteiger charge is 2.31. The van der Waals surface area contributed by atoms with Crippen molar-refractivity contribution in [2.24, 2.45) is 0 Å². The zero-order valence-electron chi connectivity index (χ0n) is 19.2. The summed E-state index contributed by atoms with van der Waals surface area (Å²) in [6, 6.07) is 12.4. The number of likely N-dealkylation sites (N-methyl/N-ethyl adjacent to an activating group) is 2. The van der Waals surface area contributed by atoms with Crippen LogP contribution in [0.15, 0.2) is 60.7 Å². The fourth-order valence-corrected chi connectivity index (χ4v) is 3.20. The lowest BCUT2D eigenvalue weighted by atomic mass is 10.1. The highest BCUT2D eigenvalue weighted by atomic mass is 35.5. The zero-order valence-corrected chi connectivity index (χ0v) is 20.7. The van der Waals surface area contributed by atoms with E-state index in [9.17, 15) is 29.8 Å². The van der Waals surface area contributed by atoms with Crippen molar-refractivity contribution in [3.8, 4) is 0 Å². The van der Waals surface area contributed by atoms with E-state index in [0.29, 0.717) is 11.1 Å². The van der Waals surface area contributed by atoms with E-state index in [1.54, 1.807) is 64.6 Å². The maximum Gasteiger partial charge on any atom is 0.338 e. The average Bonchev–Trinajstić information content (AvgIpc) is 2.71. The summed E-state index contributed by atoms with van der Waals surface area (Å²) in [5, 5.41) is 22.5. The molecule has 0 N–H and O–H groups in total. The van der Waals surface area contributed by atoms with E-state index < -0.39 is 21.7 Å². The third-order valence-corrected chi connectivity index (χ3v) is 5.07. The Morgan fingerprint density at radius 2 is 1.00 bits per heavy atom. The second kappa shape index (κ2) is 12.3. The number of para-hydroxylation sites is 2. The molecule has 10 nitrogen and oxygen atoms in total. The summed E-state index contributed by atoms with van der Waals surface area (Å²) in [4.78, 5) is 47.0. The molecule has 0 saturated heterocycles. The zero-order chi connectivity index (χ0) is 24.1. The Labute approximate surface area is 209 Å². The molecule has 184 valence electrons. The van der Waals surface area contributed by atoms with Crippen LogP contribution >= 0.6 is 0 Å². The van der Waals surface area contributed by atoms with Gasteiger partial charge < -0.3 is 24.8 Å². The summed E-state index contributed by atoms with van der Waals surface area (Å²) in [6.45, 7) is 0.145. The third-order valence-electron chi connectivity index (χ3n) is 5.07. The summed E-state index contributed by atoms with van der Waals surface area (Å²) in [5.74, 6) is -0.829. The molecule has 12 heteroatoms. The van der Waals surface area contributed by atoms with Crippen LogP contribution in [0.2, 0.25) is 0 Å². The molecule has 0 bridgehead atoms. The summed E-state index contributed by atoms with van der Waals surface area (Å²) in [5.41, 5.74) is 0.661. The van der Waals surface area contributed by atoms with Crippen molar-refractivity contribution in [2.75, 3.05) is 28.2 Å². The molecule has 0 atom stereocenters. The molecule has 2 aromatic carbocycles. The highest BCUT2D eigenvalue weighted by Crippen LogP contribution is 2.23. The van der Waals surface area contributed by atoms with E-state index in [2.05, 4.69) is 0 Å². The van der Waals surface area contributed by atoms with Crippen LogP contribution in [-0.2, 0) is 22.7 Å². The van der Waals surface area contributed by atoms with E-state index in [0.717, 1.165) is 12.2 Å². The monoisotopic (exact) mass is 512 g/mol. The molecule has 0 spiro atoms. The van der Waals surface area contributed by atoms with Crippen molar-refractivity contribution in [3.05, 3.63) is 92.0 Å². The van der Waals surface area contributed by atoms with Crippen molar-refractivity contribution in [2.45, 2.75) is 13.1 Å². The van der Waals surface area contributed by atoms with E-state index in [-0.39, 0.29) is 58.2 Å². The van der Waals surface area contributed by atoms with Gasteiger partial charge in [0.15, 0.2) is 0 Å². The van der Waals surface area contributed by atoms with E-state index in [4.69, 9.17) is 0 Å². The standard InChI is InChI=1S/C22H26N4O6.2ClH/c1-25(2,15-17-9-5-7-11-19(17)23(29)30)21(27)13-14-22(28)26(3,4)16-18-10-6-8-12-20(18)24(31)32;;/h5-14H,15-16H2,1-4H3;2*1H/q+2;;/p-2/b14-13-;;. The summed E-state index contributed by atoms with van der Waals surface area (Å²) >= 11 is 0.